The van der Waals surface area contributed by atoms with E-state index in [4.69, 9.17) is 23.7 Å². The van der Waals surface area contributed by atoms with Crippen LogP contribution in [0.1, 0.15) is 72.1 Å². The highest BCUT2D eigenvalue weighted by Crippen LogP contribution is 2.72. The van der Waals surface area contributed by atoms with Crippen LogP contribution in [0.5, 0.6) is 0 Å². The van der Waals surface area contributed by atoms with Crippen LogP contribution in [0.2, 0.25) is 0 Å². The van der Waals surface area contributed by atoms with Gasteiger partial charge in [-0.2, -0.15) is 0 Å². The number of carbonyl (C=O) groups is 1. The van der Waals surface area contributed by atoms with Crippen molar-refractivity contribution in [1.29, 1.82) is 0 Å². The molecule has 4 aliphatic carbocycles. The van der Waals surface area contributed by atoms with E-state index in [1.165, 1.54) is 13.3 Å². The highest BCUT2D eigenvalue weighted by molar-refractivity contribution is 5.66. The maximum absolute atomic E-state index is 11.6. The molecule has 0 N–H and O–H groups in total. The maximum Gasteiger partial charge on any atom is 0.302 e. The van der Waals surface area contributed by atoms with Crippen molar-refractivity contribution < 1.29 is 28.5 Å². The summed E-state index contributed by atoms with van der Waals surface area (Å²) in [7, 11) is 0. The quantitative estimate of drug-likeness (QED) is 0.580. The summed E-state index contributed by atoms with van der Waals surface area (Å²) in [4.78, 5) is 11.6. The first kappa shape index (κ1) is 20.9. The van der Waals surface area contributed by atoms with E-state index in [0.29, 0.717) is 50.1 Å². The second-order valence-electron chi connectivity index (χ2n) is 11.6. The lowest BCUT2D eigenvalue weighted by Crippen LogP contribution is -2.65. The normalized spacial score (nSPS) is 49.6. The van der Waals surface area contributed by atoms with Crippen LogP contribution in [0.25, 0.3) is 0 Å². The molecule has 2 spiro atoms. The van der Waals surface area contributed by atoms with Gasteiger partial charge in [0.25, 0.3) is 0 Å². The van der Waals surface area contributed by atoms with Crippen molar-refractivity contribution in [2.75, 3.05) is 26.4 Å². The van der Waals surface area contributed by atoms with Crippen molar-refractivity contribution in [2.45, 2.75) is 89.8 Å². The molecular formula is C25H38O6. The molecule has 31 heavy (non-hydrogen) atoms. The van der Waals surface area contributed by atoms with Gasteiger partial charge in [-0.1, -0.05) is 13.8 Å². The SMILES string of the molecule is CC(=O)O[C@H]1CC[C@@]2(C)[C@H](C1)CC1(OCCO1)[C@@H]1[C@H]2CC[C@@]2(C)[C@@H]1CCC21OCCO1. The summed E-state index contributed by atoms with van der Waals surface area (Å²) in [6.45, 7) is 9.25. The van der Waals surface area contributed by atoms with Gasteiger partial charge in [0, 0.05) is 31.1 Å². The molecule has 2 aliphatic heterocycles. The Kier molecular flexibility index (Phi) is 4.65. The molecule has 0 bridgehead atoms. The standard InChI is InChI=1S/C25H38O6/c1-16(26)31-18-4-7-22(2)17(14-18)15-24(27-10-11-28-24)21-19(22)5-8-23(3)20(21)6-9-25(23)29-12-13-30-25/h17-21H,4-15H2,1-3H3/t17-,18+,19-,20-,21-,22+,23+/m1/s1. The molecule has 0 amide bonds. The van der Waals surface area contributed by atoms with Crippen molar-refractivity contribution in [1.82, 2.24) is 0 Å². The number of carbonyl (C=O) groups excluding carboxylic acids is 1. The van der Waals surface area contributed by atoms with Gasteiger partial charge in [0.2, 0.25) is 0 Å². The third kappa shape index (κ3) is 2.74. The number of ether oxygens (including phenoxy) is 5. The van der Waals surface area contributed by atoms with E-state index < -0.39 is 11.6 Å². The molecule has 0 aromatic carbocycles. The summed E-state index contributed by atoms with van der Waals surface area (Å²) in [5.74, 6) is 0.836. The largest absolute Gasteiger partial charge is 0.463 e. The van der Waals surface area contributed by atoms with E-state index in [1.807, 2.05) is 0 Å². The van der Waals surface area contributed by atoms with Gasteiger partial charge in [-0.25, -0.2) is 0 Å². The molecule has 0 radical (unpaired) electrons. The molecule has 0 aromatic heterocycles. The Balaban J connectivity index is 1.36. The number of esters is 1. The second-order valence-corrected chi connectivity index (χ2v) is 11.6. The van der Waals surface area contributed by atoms with Crippen LogP contribution >= 0.6 is 0 Å². The Hall–Kier alpha value is -0.690. The van der Waals surface area contributed by atoms with Crippen molar-refractivity contribution in [3.8, 4) is 0 Å². The van der Waals surface area contributed by atoms with Crippen LogP contribution in [-0.4, -0.2) is 50.1 Å². The molecule has 6 aliphatic rings. The first-order chi connectivity index (χ1) is 14.8. The zero-order chi connectivity index (χ0) is 21.5. The lowest BCUT2D eigenvalue weighted by atomic mass is 9.43. The lowest BCUT2D eigenvalue weighted by molar-refractivity contribution is -0.317. The fourth-order valence-corrected chi connectivity index (χ4v) is 9.17. The average molecular weight is 435 g/mol. The Morgan fingerprint density at radius 2 is 1.55 bits per heavy atom. The highest BCUT2D eigenvalue weighted by Gasteiger charge is 2.72. The summed E-state index contributed by atoms with van der Waals surface area (Å²) >= 11 is 0. The Morgan fingerprint density at radius 3 is 2.26 bits per heavy atom. The van der Waals surface area contributed by atoms with E-state index in [-0.39, 0.29) is 22.9 Å². The van der Waals surface area contributed by atoms with Crippen molar-refractivity contribution >= 4 is 5.97 Å². The number of rotatable bonds is 1. The third-order valence-electron chi connectivity index (χ3n) is 10.5. The molecule has 7 atom stereocenters. The van der Waals surface area contributed by atoms with Crippen molar-refractivity contribution in [3.05, 3.63) is 0 Å². The van der Waals surface area contributed by atoms with E-state index in [9.17, 15) is 4.79 Å². The minimum absolute atomic E-state index is 0.0190. The van der Waals surface area contributed by atoms with Gasteiger partial charge in [0.1, 0.15) is 6.10 Å². The van der Waals surface area contributed by atoms with E-state index in [2.05, 4.69) is 13.8 Å². The summed E-state index contributed by atoms with van der Waals surface area (Å²) in [6.07, 6.45) is 8.42. The first-order valence-corrected chi connectivity index (χ1v) is 12.6. The predicted molar refractivity (Wildman–Crippen MR) is 112 cm³/mol. The van der Waals surface area contributed by atoms with Crippen LogP contribution < -0.4 is 0 Å². The topological polar surface area (TPSA) is 63.2 Å². The van der Waals surface area contributed by atoms with Gasteiger partial charge < -0.3 is 23.7 Å². The zero-order valence-corrected chi connectivity index (χ0v) is 19.3. The van der Waals surface area contributed by atoms with Gasteiger partial charge in [-0.3, -0.25) is 4.79 Å². The molecule has 6 nitrogen and oxygen atoms in total. The van der Waals surface area contributed by atoms with E-state index in [1.54, 1.807) is 0 Å². The monoisotopic (exact) mass is 434 g/mol. The molecular weight excluding hydrogens is 396 g/mol. The van der Waals surface area contributed by atoms with Gasteiger partial charge in [0.15, 0.2) is 11.6 Å². The molecule has 4 saturated carbocycles. The summed E-state index contributed by atoms with van der Waals surface area (Å²) in [5.41, 5.74) is 0.265. The number of hydrogen-bond acceptors (Lipinski definition) is 6. The van der Waals surface area contributed by atoms with Crippen LogP contribution in [0.15, 0.2) is 0 Å². The Morgan fingerprint density at radius 1 is 0.871 bits per heavy atom. The predicted octanol–water partition coefficient (Wildman–Crippen LogP) is 4.06. The summed E-state index contributed by atoms with van der Waals surface area (Å²) < 4.78 is 31.4. The summed E-state index contributed by atoms with van der Waals surface area (Å²) in [5, 5.41) is 0. The smallest absolute Gasteiger partial charge is 0.302 e. The molecule has 6 heteroatoms. The van der Waals surface area contributed by atoms with Crippen LogP contribution in [-0.2, 0) is 28.5 Å². The fourth-order valence-electron chi connectivity index (χ4n) is 9.17. The van der Waals surface area contributed by atoms with Crippen molar-refractivity contribution in [2.24, 2.45) is 34.5 Å². The van der Waals surface area contributed by atoms with Crippen molar-refractivity contribution in [3.63, 3.8) is 0 Å². The molecule has 2 heterocycles. The Labute approximate surface area is 185 Å². The number of fused-ring (bicyclic) bond motifs is 7. The zero-order valence-electron chi connectivity index (χ0n) is 19.3. The van der Waals surface area contributed by atoms with E-state index >= 15 is 0 Å². The molecule has 0 aromatic rings. The van der Waals surface area contributed by atoms with Gasteiger partial charge in [0.05, 0.1) is 26.4 Å². The Bertz CT molecular complexity index is 740. The van der Waals surface area contributed by atoms with Crippen LogP contribution in [0.3, 0.4) is 0 Å². The molecule has 2 saturated heterocycles. The third-order valence-corrected chi connectivity index (χ3v) is 10.5. The molecule has 174 valence electrons. The molecule has 0 unspecified atom stereocenters. The second kappa shape index (κ2) is 6.91. The minimum atomic E-state index is -0.497. The molecule has 6 fully saturated rings. The van der Waals surface area contributed by atoms with Crippen LogP contribution in [0, 0.1) is 34.5 Å². The van der Waals surface area contributed by atoms with Gasteiger partial charge >= 0.3 is 5.97 Å². The summed E-state index contributed by atoms with van der Waals surface area (Å²) in [6, 6.07) is 0. The van der Waals surface area contributed by atoms with E-state index in [0.717, 1.165) is 44.9 Å². The average Bonchev–Trinajstić information content (AvgIpc) is 3.45. The van der Waals surface area contributed by atoms with Crippen LogP contribution in [0.4, 0.5) is 0 Å². The highest BCUT2D eigenvalue weighted by atomic mass is 16.7. The maximum atomic E-state index is 11.6. The van der Waals surface area contributed by atoms with Gasteiger partial charge in [-0.05, 0) is 61.7 Å². The van der Waals surface area contributed by atoms with Gasteiger partial charge in [-0.15, -0.1) is 0 Å². The minimum Gasteiger partial charge on any atom is -0.463 e. The number of hydrogen-bond donors (Lipinski definition) is 0. The lowest BCUT2D eigenvalue weighted by Gasteiger charge is -2.65. The fraction of sp³-hybridized carbons (Fsp3) is 0.960. The molecule has 6 rings (SSSR count). The first-order valence-electron chi connectivity index (χ1n) is 12.6.